The van der Waals surface area contributed by atoms with Gasteiger partial charge in [-0.25, -0.2) is 0 Å². The lowest BCUT2D eigenvalue weighted by Crippen LogP contribution is -2.41. The van der Waals surface area contributed by atoms with Crippen molar-refractivity contribution >= 4 is 28.4 Å². The molecule has 0 saturated heterocycles. The summed E-state index contributed by atoms with van der Waals surface area (Å²) >= 11 is 0. The van der Waals surface area contributed by atoms with Gasteiger partial charge in [-0.1, -0.05) is 57.8 Å². The second-order valence-electron chi connectivity index (χ2n) is 7.56. The molecule has 27 heavy (non-hydrogen) atoms. The van der Waals surface area contributed by atoms with Crippen LogP contribution in [0, 0.1) is 0 Å². The number of benzene rings is 1. The molecule has 1 aliphatic carbocycles. The van der Waals surface area contributed by atoms with Crippen LogP contribution in [0.1, 0.15) is 70.6 Å². The highest BCUT2D eigenvalue weighted by molar-refractivity contribution is 6.39. The van der Waals surface area contributed by atoms with Crippen molar-refractivity contribution in [2.24, 2.45) is 0 Å². The highest BCUT2D eigenvalue weighted by atomic mass is 16.2. The predicted molar refractivity (Wildman–Crippen MR) is 107 cm³/mol. The van der Waals surface area contributed by atoms with Gasteiger partial charge in [0.2, 0.25) is 0 Å². The molecule has 0 atom stereocenters. The van der Waals surface area contributed by atoms with Crippen LogP contribution in [0.2, 0.25) is 0 Å². The van der Waals surface area contributed by atoms with Gasteiger partial charge in [0.15, 0.2) is 0 Å². The van der Waals surface area contributed by atoms with Crippen LogP contribution in [-0.2, 0) is 9.59 Å². The Kier molecular flexibility index (Phi) is 7.25. The molecule has 1 aliphatic rings. The minimum atomic E-state index is -0.611. The number of rotatable bonds is 2. The maximum Gasteiger partial charge on any atom is 0.313 e. The van der Waals surface area contributed by atoms with Crippen LogP contribution < -0.4 is 10.6 Å². The minimum absolute atomic E-state index is 0.0952. The number of carbonyl (C=O) groups is 2. The van der Waals surface area contributed by atoms with Gasteiger partial charge in [0.05, 0.1) is 11.7 Å². The van der Waals surface area contributed by atoms with E-state index in [4.69, 9.17) is 0 Å². The number of hydrogen-bond acceptors (Lipinski definition) is 3. The Morgan fingerprint density at radius 1 is 0.889 bits per heavy atom. The number of H-pyrrole nitrogens is 1. The topological polar surface area (TPSA) is 86.9 Å². The van der Waals surface area contributed by atoms with E-state index in [0.717, 1.165) is 36.6 Å². The Morgan fingerprint density at radius 3 is 2.19 bits per heavy atom. The first-order valence-corrected chi connectivity index (χ1v) is 10.3. The zero-order chi connectivity index (χ0) is 18.9. The van der Waals surface area contributed by atoms with Gasteiger partial charge in [-0.15, -0.1) is 0 Å². The van der Waals surface area contributed by atoms with E-state index >= 15 is 0 Å². The normalized spacial score (nSPS) is 17.6. The summed E-state index contributed by atoms with van der Waals surface area (Å²) in [4.78, 5) is 24.6. The molecule has 0 aliphatic heterocycles. The van der Waals surface area contributed by atoms with Gasteiger partial charge < -0.3 is 10.6 Å². The standard InChI is InChI=1S/C21H30N4O2/c26-20(21(27)24-18-13-12-16-15-22-25-19(16)14-18)23-17-10-8-6-4-2-1-3-5-7-9-11-17/h12-15,17H,1-11H2,(H,22,25)(H,23,26)(H,24,27). The van der Waals surface area contributed by atoms with Crippen molar-refractivity contribution < 1.29 is 9.59 Å². The number of nitrogens with one attached hydrogen (secondary N) is 3. The fourth-order valence-electron chi connectivity index (χ4n) is 3.76. The zero-order valence-corrected chi connectivity index (χ0v) is 15.9. The van der Waals surface area contributed by atoms with Gasteiger partial charge in [0.25, 0.3) is 0 Å². The van der Waals surface area contributed by atoms with Gasteiger partial charge in [-0.3, -0.25) is 14.7 Å². The van der Waals surface area contributed by atoms with Crippen molar-refractivity contribution in [3.63, 3.8) is 0 Å². The van der Waals surface area contributed by atoms with E-state index in [-0.39, 0.29) is 6.04 Å². The van der Waals surface area contributed by atoms with Crippen LogP contribution in [0.15, 0.2) is 24.4 Å². The smallest absolute Gasteiger partial charge is 0.313 e. The first kappa shape index (κ1) is 19.4. The van der Waals surface area contributed by atoms with E-state index in [1.54, 1.807) is 18.3 Å². The van der Waals surface area contributed by atoms with Crippen molar-refractivity contribution in [2.45, 2.75) is 76.7 Å². The van der Waals surface area contributed by atoms with Crippen LogP contribution in [-0.4, -0.2) is 28.1 Å². The summed E-state index contributed by atoms with van der Waals surface area (Å²) in [5, 5.41) is 13.4. The van der Waals surface area contributed by atoms with E-state index in [1.165, 1.54) is 44.9 Å². The number of amides is 2. The summed E-state index contributed by atoms with van der Waals surface area (Å²) in [6, 6.07) is 5.51. The lowest BCUT2D eigenvalue weighted by atomic mass is 9.98. The molecule has 2 aromatic rings. The highest BCUT2D eigenvalue weighted by Crippen LogP contribution is 2.18. The summed E-state index contributed by atoms with van der Waals surface area (Å²) < 4.78 is 0. The Hall–Kier alpha value is -2.37. The molecule has 1 fully saturated rings. The molecule has 1 aromatic carbocycles. The third kappa shape index (κ3) is 6.08. The number of aromatic amines is 1. The maximum atomic E-state index is 12.4. The number of aromatic nitrogens is 2. The molecule has 1 aromatic heterocycles. The van der Waals surface area contributed by atoms with E-state index < -0.39 is 11.8 Å². The van der Waals surface area contributed by atoms with Crippen molar-refractivity contribution in [1.82, 2.24) is 15.5 Å². The molecule has 0 spiro atoms. The molecule has 2 amide bonds. The first-order valence-electron chi connectivity index (χ1n) is 10.3. The monoisotopic (exact) mass is 370 g/mol. The number of hydrogen-bond donors (Lipinski definition) is 3. The van der Waals surface area contributed by atoms with Crippen LogP contribution in [0.4, 0.5) is 5.69 Å². The molecule has 0 unspecified atom stereocenters. The van der Waals surface area contributed by atoms with E-state index in [0.29, 0.717) is 5.69 Å². The molecular weight excluding hydrogens is 340 g/mol. The molecule has 0 bridgehead atoms. The predicted octanol–water partition coefficient (Wildman–Crippen LogP) is 4.29. The number of fused-ring (bicyclic) bond motifs is 1. The molecule has 0 radical (unpaired) electrons. The average Bonchev–Trinajstić information content (AvgIpc) is 3.11. The molecule has 3 rings (SSSR count). The maximum absolute atomic E-state index is 12.4. The van der Waals surface area contributed by atoms with Crippen LogP contribution in [0.25, 0.3) is 10.9 Å². The van der Waals surface area contributed by atoms with Gasteiger partial charge >= 0.3 is 11.8 Å². The second-order valence-corrected chi connectivity index (χ2v) is 7.56. The number of anilines is 1. The van der Waals surface area contributed by atoms with E-state index in [1.807, 2.05) is 6.07 Å². The van der Waals surface area contributed by atoms with Crippen molar-refractivity contribution in [3.05, 3.63) is 24.4 Å². The lowest BCUT2D eigenvalue weighted by molar-refractivity contribution is -0.136. The van der Waals surface area contributed by atoms with Crippen molar-refractivity contribution in [3.8, 4) is 0 Å². The summed E-state index contributed by atoms with van der Waals surface area (Å²) in [7, 11) is 0. The molecule has 1 heterocycles. The van der Waals surface area contributed by atoms with Crippen molar-refractivity contribution in [1.29, 1.82) is 0 Å². The van der Waals surface area contributed by atoms with Gasteiger partial charge in [0.1, 0.15) is 0 Å². The quantitative estimate of drug-likeness (QED) is 0.689. The van der Waals surface area contributed by atoms with E-state index in [2.05, 4.69) is 20.8 Å². The third-order valence-corrected chi connectivity index (χ3v) is 5.35. The molecular formula is C21H30N4O2. The average molecular weight is 370 g/mol. The Bertz CT molecular complexity index is 743. The highest BCUT2D eigenvalue weighted by Gasteiger charge is 2.19. The molecule has 1 saturated carbocycles. The number of nitrogens with zero attached hydrogens (tertiary/aromatic N) is 1. The largest absolute Gasteiger partial charge is 0.345 e. The molecule has 6 nitrogen and oxygen atoms in total. The van der Waals surface area contributed by atoms with E-state index in [9.17, 15) is 9.59 Å². The summed E-state index contributed by atoms with van der Waals surface area (Å²) in [5.74, 6) is -1.16. The van der Waals surface area contributed by atoms with Crippen LogP contribution in [0.3, 0.4) is 0 Å². The minimum Gasteiger partial charge on any atom is -0.345 e. The first-order chi connectivity index (χ1) is 13.2. The van der Waals surface area contributed by atoms with Gasteiger partial charge in [-0.2, -0.15) is 5.10 Å². The Labute approximate surface area is 160 Å². The fraction of sp³-hybridized carbons (Fsp3) is 0.571. The number of carbonyl (C=O) groups excluding carboxylic acids is 2. The second kappa shape index (κ2) is 10.1. The van der Waals surface area contributed by atoms with Crippen LogP contribution >= 0.6 is 0 Å². The summed E-state index contributed by atoms with van der Waals surface area (Å²) in [6.07, 6.45) is 14.8. The summed E-state index contributed by atoms with van der Waals surface area (Å²) in [6.45, 7) is 0. The fourth-order valence-corrected chi connectivity index (χ4v) is 3.76. The molecule has 146 valence electrons. The van der Waals surface area contributed by atoms with Crippen molar-refractivity contribution in [2.75, 3.05) is 5.32 Å². The molecule has 6 heteroatoms. The van der Waals surface area contributed by atoms with Gasteiger partial charge in [-0.05, 0) is 31.0 Å². The SMILES string of the molecule is O=C(Nc1ccc2cn[nH]c2c1)C(=O)NC1CCCCCCCCCCC1. The van der Waals surface area contributed by atoms with Crippen LogP contribution in [0.5, 0.6) is 0 Å². The molecule has 3 N–H and O–H groups in total. The third-order valence-electron chi connectivity index (χ3n) is 5.35. The Morgan fingerprint density at radius 2 is 1.52 bits per heavy atom. The lowest BCUT2D eigenvalue weighted by Gasteiger charge is -2.19. The zero-order valence-electron chi connectivity index (χ0n) is 15.9. The summed E-state index contributed by atoms with van der Waals surface area (Å²) in [5.41, 5.74) is 1.41. The Balaban J connectivity index is 1.52. The van der Waals surface area contributed by atoms with Gasteiger partial charge in [0, 0.05) is 17.1 Å².